The Balaban J connectivity index is 1.73. The number of hydrogen-bond donors (Lipinski definition) is 0. The third-order valence-corrected chi connectivity index (χ3v) is 6.72. The van der Waals surface area contributed by atoms with Gasteiger partial charge in [-0.05, 0) is 36.8 Å². The standard InChI is InChI=1S/C29H30N4O6/c1-3-4-13-39-23-17-20(16-22(19-23)37-2)28-24-7-5-6-8-25(24)29(34)32(30-28)27-18-21(9-10-26(27)33(35)36)31-11-14-38-15-12-31/h5-10,16-19H,3-4,11-15H2,1-2H3. The van der Waals surface area contributed by atoms with Crippen LogP contribution >= 0.6 is 0 Å². The third-order valence-electron chi connectivity index (χ3n) is 6.72. The van der Waals surface area contributed by atoms with Gasteiger partial charge < -0.3 is 19.1 Å². The van der Waals surface area contributed by atoms with E-state index in [1.165, 1.54) is 6.07 Å². The molecule has 1 saturated heterocycles. The molecule has 0 unspecified atom stereocenters. The van der Waals surface area contributed by atoms with Gasteiger partial charge in [0.05, 0.1) is 42.9 Å². The lowest BCUT2D eigenvalue weighted by Crippen LogP contribution is -2.36. The number of aromatic nitrogens is 2. The molecule has 10 nitrogen and oxygen atoms in total. The number of rotatable bonds is 9. The van der Waals surface area contributed by atoms with E-state index in [1.54, 1.807) is 37.4 Å². The Morgan fingerprint density at radius 2 is 1.77 bits per heavy atom. The third kappa shape index (κ3) is 5.42. The molecule has 202 valence electrons. The monoisotopic (exact) mass is 530 g/mol. The molecule has 10 heteroatoms. The zero-order chi connectivity index (χ0) is 27.4. The second-order valence-electron chi connectivity index (χ2n) is 9.24. The number of ether oxygens (including phenoxy) is 3. The molecule has 1 fully saturated rings. The SMILES string of the molecule is CCCCOc1cc(OC)cc(-c2nn(-c3cc(N4CCOCC4)ccc3[N+](=O)[O-])c(=O)c3ccccc23)c1. The van der Waals surface area contributed by atoms with E-state index in [4.69, 9.17) is 19.3 Å². The van der Waals surface area contributed by atoms with E-state index in [0.717, 1.165) is 23.2 Å². The number of nitro groups is 1. The molecule has 39 heavy (non-hydrogen) atoms. The summed E-state index contributed by atoms with van der Waals surface area (Å²) in [6.07, 6.45) is 1.90. The summed E-state index contributed by atoms with van der Waals surface area (Å²) in [6.45, 7) is 5.05. The maximum atomic E-state index is 13.7. The lowest BCUT2D eigenvalue weighted by molar-refractivity contribution is -0.384. The molecule has 1 aliphatic heterocycles. The van der Waals surface area contributed by atoms with Crippen LogP contribution in [0.25, 0.3) is 27.7 Å². The summed E-state index contributed by atoms with van der Waals surface area (Å²) in [5.41, 5.74) is 1.35. The van der Waals surface area contributed by atoms with Gasteiger partial charge in [-0.25, -0.2) is 0 Å². The molecule has 0 amide bonds. The number of nitro benzene ring substituents is 1. The number of anilines is 1. The minimum atomic E-state index is -0.493. The van der Waals surface area contributed by atoms with Crippen molar-refractivity contribution >= 4 is 22.1 Å². The normalized spacial score (nSPS) is 13.4. The molecule has 0 aliphatic carbocycles. The molecule has 2 heterocycles. The first-order valence-electron chi connectivity index (χ1n) is 13.0. The first-order valence-corrected chi connectivity index (χ1v) is 13.0. The number of benzene rings is 3. The summed E-state index contributed by atoms with van der Waals surface area (Å²) in [6, 6.07) is 17.4. The van der Waals surface area contributed by atoms with E-state index in [9.17, 15) is 14.9 Å². The fourth-order valence-electron chi connectivity index (χ4n) is 4.66. The van der Waals surface area contributed by atoms with E-state index in [2.05, 4.69) is 11.8 Å². The van der Waals surface area contributed by atoms with Crippen molar-refractivity contribution in [1.29, 1.82) is 0 Å². The quantitative estimate of drug-likeness (QED) is 0.169. The van der Waals surface area contributed by atoms with Gasteiger partial charge >= 0.3 is 0 Å². The second-order valence-corrected chi connectivity index (χ2v) is 9.24. The molecule has 0 saturated carbocycles. The molecule has 0 spiro atoms. The smallest absolute Gasteiger partial charge is 0.295 e. The number of unbranched alkanes of at least 4 members (excludes halogenated alkanes) is 1. The highest BCUT2D eigenvalue weighted by atomic mass is 16.6. The molecular weight excluding hydrogens is 500 g/mol. The Morgan fingerprint density at radius 3 is 2.49 bits per heavy atom. The lowest BCUT2D eigenvalue weighted by Gasteiger charge is -2.29. The minimum absolute atomic E-state index is 0.100. The van der Waals surface area contributed by atoms with E-state index >= 15 is 0 Å². The molecule has 0 atom stereocenters. The topological polar surface area (TPSA) is 109 Å². The number of fused-ring (bicyclic) bond motifs is 1. The average molecular weight is 531 g/mol. The van der Waals surface area contributed by atoms with Crippen LogP contribution < -0.4 is 19.9 Å². The summed E-state index contributed by atoms with van der Waals surface area (Å²) < 4.78 is 18.1. The van der Waals surface area contributed by atoms with Crippen LogP contribution in [0.5, 0.6) is 11.5 Å². The van der Waals surface area contributed by atoms with Crippen LogP contribution in [0.3, 0.4) is 0 Å². The number of methoxy groups -OCH3 is 1. The van der Waals surface area contributed by atoms with Gasteiger partial charge in [-0.1, -0.05) is 31.5 Å². The highest BCUT2D eigenvalue weighted by Gasteiger charge is 2.23. The predicted molar refractivity (Wildman–Crippen MR) is 149 cm³/mol. The molecule has 4 aromatic rings. The molecule has 1 aliphatic rings. The average Bonchev–Trinajstić information content (AvgIpc) is 2.97. The van der Waals surface area contributed by atoms with Crippen LogP contribution in [0.4, 0.5) is 11.4 Å². The lowest BCUT2D eigenvalue weighted by atomic mass is 10.0. The molecule has 0 bridgehead atoms. The fraction of sp³-hybridized carbons (Fsp3) is 0.310. The van der Waals surface area contributed by atoms with Gasteiger partial charge in [0.2, 0.25) is 0 Å². The van der Waals surface area contributed by atoms with Crippen LogP contribution in [-0.4, -0.2) is 54.7 Å². The Kier molecular flexibility index (Phi) is 7.74. The molecular formula is C29H30N4O6. The fourth-order valence-corrected chi connectivity index (χ4v) is 4.66. The molecule has 3 aromatic carbocycles. The van der Waals surface area contributed by atoms with Crippen LogP contribution in [0, 0.1) is 10.1 Å². The van der Waals surface area contributed by atoms with Gasteiger partial charge in [0.1, 0.15) is 17.2 Å². The predicted octanol–water partition coefficient (Wildman–Crippen LogP) is 4.99. The largest absolute Gasteiger partial charge is 0.497 e. The molecule has 0 N–H and O–H groups in total. The second kappa shape index (κ2) is 11.5. The Bertz CT molecular complexity index is 1560. The van der Waals surface area contributed by atoms with Crippen molar-refractivity contribution in [1.82, 2.24) is 9.78 Å². The highest BCUT2D eigenvalue weighted by Crippen LogP contribution is 2.34. The summed E-state index contributed by atoms with van der Waals surface area (Å²) in [4.78, 5) is 27.4. The van der Waals surface area contributed by atoms with Crippen molar-refractivity contribution < 1.29 is 19.1 Å². The highest BCUT2D eigenvalue weighted by molar-refractivity contribution is 5.94. The maximum absolute atomic E-state index is 13.7. The Morgan fingerprint density at radius 1 is 1.03 bits per heavy atom. The van der Waals surface area contributed by atoms with Gasteiger partial charge in [-0.15, -0.1) is 0 Å². The van der Waals surface area contributed by atoms with Crippen molar-refractivity contribution in [3.63, 3.8) is 0 Å². The van der Waals surface area contributed by atoms with E-state index < -0.39 is 10.5 Å². The maximum Gasteiger partial charge on any atom is 0.295 e. The number of nitrogens with zero attached hydrogens (tertiary/aromatic N) is 4. The van der Waals surface area contributed by atoms with Crippen molar-refractivity contribution in [2.24, 2.45) is 0 Å². The van der Waals surface area contributed by atoms with Crippen LogP contribution in [-0.2, 0) is 4.74 Å². The van der Waals surface area contributed by atoms with Gasteiger partial charge in [0.15, 0.2) is 0 Å². The zero-order valence-electron chi connectivity index (χ0n) is 22.0. The van der Waals surface area contributed by atoms with Gasteiger partial charge in [-0.3, -0.25) is 14.9 Å². The van der Waals surface area contributed by atoms with Crippen LogP contribution in [0.2, 0.25) is 0 Å². The Labute approximate surface area is 225 Å². The van der Waals surface area contributed by atoms with Crippen LogP contribution in [0.1, 0.15) is 19.8 Å². The first-order chi connectivity index (χ1) is 19.0. The number of morpholine rings is 1. The molecule has 1 aromatic heterocycles. The summed E-state index contributed by atoms with van der Waals surface area (Å²) in [7, 11) is 1.57. The van der Waals surface area contributed by atoms with Crippen molar-refractivity contribution in [3.8, 4) is 28.4 Å². The minimum Gasteiger partial charge on any atom is -0.497 e. The molecule has 5 rings (SSSR count). The zero-order valence-corrected chi connectivity index (χ0v) is 22.0. The first kappa shape index (κ1) is 26.2. The molecule has 0 radical (unpaired) electrons. The van der Waals surface area contributed by atoms with Gasteiger partial charge in [-0.2, -0.15) is 9.78 Å². The van der Waals surface area contributed by atoms with Crippen molar-refractivity contribution in [2.45, 2.75) is 19.8 Å². The Hall–Kier alpha value is -4.44. The van der Waals surface area contributed by atoms with E-state index in [1.807, 2.05) is 24.3 Å². The van der Waals surface area contributed by atoms with E-state index in [0.29, 0.717) is 66.4 Å². The van der Waals surface area contributed by atoms with E-state index in [-0.39, 0.29) is 11.4 Å². The van der Waals surface area contributed by atoms with Crippen molar-refractivity contribution in [3.05, 3.63) is 81.1 Å². The van der Waals surface area contributed by atoms with Crippen molar-refractivity contribution in [2.75, 3.05) is 44.9 Å². The van der Waals surface area contributed by atoms with Gasteiger partial charge in [0.25, 0.3) is 11.2 Å². The van der Waals surface area contributed by atoms with Crippen LogP contribution in [0.15, 0.2) is 65.5 Å². The summed E-state index contributed by atoms with van der Waals surface area (Å²) >= 11 is 0. The number of hydrogen-bond acceptors (Lipinski definition) is 8. The summed E-state index contributed by atoms with van der Waals surface area (Å²) in [5, 5.41) is 17.8. The van der Waals surface area contributed by atoms with Gasteiger partial charge in [0, 0.05) is 41.9 Å². The summed E-state index contributed by atoms with van der Waals surface area (Å²) in [5.74, 6) is 1.18.